The van der Waals surface area contributed by atoms with Gasteiger partial charge in [0, 0.05) is 31.2 Å². The Labute approximate surface area is 140 Å². The summed E-state index contributed by atoms with van der Waals surface area (Å²) < 4.78 is 0. The van der Waals surface area contributed by atoms with Gasteiger partial charge in [0.2, 0.25) is 0 Å². The van der Waals surface area contributed by atoms with Gasteiger partial charge in [0.25, 0.3) is 0 Å². The molecule has 1 N–H and O–H groups in total. The number of rotatable bonds is 6. The molecule has 3 rings (SSSR count). The summed E-state index contributed by atoms with van der Waals surface area (Å²) in [7, 11) is 0. The molecule has 1 aromatic rings. The molecule has 0 aromatic carbocycles. The minimum absolute atomic E-state index is 0.0723. The molecule has 2 aliphatic rings. The van der Waals surface area contributed by atoms with Crippen molar-refractivity contribution in [3.05, 3.63) is 23.9 Å². The molecule has 0 saturated carbocycles. The summed E-state index contributed by atoms with van der Waals surface area (Å²) in [6, 6.07) is 4.40. The molecule has 3 heterocycles. The van der Waals surface area contributed by atoms with Crippen LogP contribution < -0.4 is 4.90 Å². The smallest absolute Gasteiger partial charge is 0.128 e. The summed E-state index contributed by atoms with van der Waals surface area (Å²) in [6.45, 7) is 7.99. The third-order valence-corrected chi connectivity index (χ3v) is 5.52. The average molecular weight is 317 g/mol. The van der Waals surface area contributed by atoms with Gasteiger partial charge < -0.3 is 10.0 Å². The molecule has 23 heavy (non-hydrogen) atoms. The first kappa shape index (κ1) is 16.7. The SMILES string of the molecule is CCC[C@@]1(CO)CCCN(c2ccc(CN3CCCC3)cn2)C1. The lowest BCUT2D eigenvalue weighted by Crippen LogP contribution is -2.45. The van der Waals surface area contributed by atoms with E-state index in [0.29, 0.717) is 6.61 Å². The summed E-state index contributed by atoms with van der Waals surface area (Å²) in [4.78, 5) is 9.60. The zero-order chi connectivity index (χ0) is 16.1. The lowest BCUT2D eigenvalue weighted by atomic mass is 9.77. The first-order chi connectivity index (χ1) is 11.2. The van der Waals surface area contributed by atoms with Crippen LogP contribution >= 0.6 is 0 Å². The van der Waals surface area contributed by atoms with E-state index < -0.39 is 0 Å². The summed E-state index contributed by atoms with van der Waals surface area (Å²) in [6.07, 6.45) is 9.24. The molecule has 0 bridgehead atoms. The van der Waals surface area contributed by atoms with Crippen LogP contribution in [0.15, 0.2) is 18.3 Å². The quantitative estimate of drug-likeness (QED) is 0.875. The highest BCUT2D eigenvalue weighted by Crippen LogP contribution is 2.35. The van der Waals surface area contributed by atoms with Crippen molar-refractivity contribution in [1.29, 1.82) is 0 Å². The lowest BCUT2D eigenvalue weighted by molar-refractivity contribution is 0.0952. The van der Waals surface area contributed by atoms with E-state index in [1.54, 1.807) is 0 Å². The van der Waals surface area contributed by atoms with Gasteiger partial charge in [-0.1, -0.05) is 19.4 Å². The van der Waals surface area contributed by atoms with Crippen LogP contribution in [0.1, 0.15) is 51.0 Å². The summed E-state index contributed by atoms with van der Waals surface area (Å²) in [5.74, 6) is 1.07. The van der Waals surface area contributed by atoms with E-state index in [1.165, 1.54) is 31.5 Å². The third kappa shape index (κ3) is 4.04. The van der Waals surface area contributed by atoms with Crippen molar-refractivity contribution in [2.24, 2.45) is 5.41 Å². The van der Waals surface area contributed by atoms with E-state index in [1.807, 2.05) is 6.20 Å². The van der Waals surface area contributed by atoms with Crippen LogP contribution in [-0.4, -0.2) is 47.8 Å². The maximum absolute atomic E-state index is 9.89. The highest BCUT2D eigenvalue weighted by Gasteiger charge is 2.34. The normalized spacial score (nSPS) is 25.9. The molecule has 2 fully saturated rings. The standard InChI is InChI=1S/C19H31N3O/c1-2-8-19(16-23)9-5-12-22(15-19)18-7-6-17(13-20-18)14-21-10-3-4-11-21/h6-7,13,23H,2-5,8-12,14-16H2,1H3/t19-/m1/s1. The van der Waals surface area contributed by atoms with Gasteiger partial charge in [-0.2, -0.15) is 0 Å². The minimum atomic E-state index is 0.0723. The van der Waals surface area contributed by atoms with E-state index in [9.17, 15) is 5.11 Å². The van der Waals surface area contributed by atoms with Crippen molar-refractivity contribution in [2.45, 2.75) is 52.0 Å². The van der Waals surface area contributed by atoms with Crippen molar-refractivity contribution in [3.8, 4) is 0 Å². The summed E-state index contributed by atoms with van der Waals surface area (Å²) in [5, 5.41) is 9.89. The maximum Gasteiger partial charge on any atom is 0.128 e. The highest BCUT2D eigenvalue weighted by atomic mass is 16.3. The van der Waals surface area contributed by atoms with Crippen LogP contribution in [-0.2, 0) is 6.54 Å². The van der Waals surface area contributed by atoms with Gasteiger partial charge in [-0.3, -0.25) is 4.90 Å². The zero-order valence-corrected chi connectivity index (χ0v) is 14.5. The van der Waals surface area contributed by atoms with Gasteiger partial charge in [-0.15, -0.1) is 0 Å². The fraction of sp³-hybridized carbons (Fsp3) is 0.737. The first-order valence-electron chi connectivity index (χ1n) is 9.28. The molecule has 1 atom stereocenters. The Bertz CT molecular complexity index is 480. The second-order valence-corrected chi connectivity index (χ2v) is 7.44. The van der Waals surface area contributed by atoms with Crippen molar-refractivity contribution < 1.29 is 5.11 Å². The minimum Gasteiger partial charge on any atom is -0.396 e. The monoisotopic (exact) mass is 317 g/mol. The topological polar surface area (TPSA) is 39.6 Å². The average Bonchev–Trinajstić information content (AvgIpc) is 3.09. The number of aliphatic hydroxyl groups is 1. The molecule has 4 nitrogen and oxygen atoms in total. The van der Waals surface area contributed by atoms with Crippen LogP contribution in [0.4, 0.5) is 5.82 Å². The van der Waals surface area contributed by atoms with Crippen molar-refractivity contribution in [2.75, 3.05) is 37.7 Å². The van der Waals surface area contributed by atoms with Crippen LogP contribution in [0, 0.1) is 5.41 Å². The van der Waals surface area contributed by atoms with E-state index in [2.05, 4.69) is 28.9 Å². The van der Waals surface area contributed by atoms with E-state index in [4.69, 9.17) is 4.98 Å². The summed E-state index contributed by atoms with van der Waals surface area (Å²) >= 11 is 0. The van der Waals surface area contributed by atoms with Crippen molar-refractivity contribution >= 4 is 5.82 Å². The molecule has 0 amide bonds. The molecule has 1 aromatic heterocycles. The number of hydrogen-bond acceptors (Lipinski definition) is 4. The largest absolute Gasteiger partial charge is 0.396 e. The van der Waals surface area contributed by atoms with E-state index in [-0.39, 0.29) is 5.41 Å². The van der Waals surface area contributed by atoms with Crippen LogP contribution in [0.2, 0.25) is 0 Å². The Hall–Kier alpha value is -1.13. The molecule has 4 heteroatoms. The van der Waals surface area contributed by atoms with Crippen molar-refractivity contribution in [1.82, 2.24) is 9.88 Å². The van der Waals surface area contributed by atoms with Gasteiger partial charge in [0.15, 0.2) is 0 Å². The molecule has 128 valence electrons. The molecule has 0 unspecified atom stereocenters. The first-order valence-corrected chi connectivity index (χ1v) is 9.28. The number of likely N-dealkylation sites (tertiary alicyclic amines) is 1. The van der Waals surface area contributed by atoms with Crippen LogP contribution in [0.5, 0.6) is 0 Å². The Morgan fingerprint density at radius 1 is 1.17 bits per heavy atom. The van der Waals surface area contributed by atoms with E-state index >= 15 is 0 Å². The second-order valence-electron chi connectivity index (χ2n) is 7.44. The van der Waals surface area contributed by atoms with Gasteiger partial charge in [0.1, 0.15) is 5.82 Å². The predicted octanol–water partition coefficient (Wildman–Crippen LogP) is 3.06. The van der Waals surface area contributed by atoms with Crippen LogP contribution in [0.3, 0.4) is 0 Å². The van der Waals surface area contributed by atoms with Gasteiger partial charge in [0.05, 0.1) is 6.61 Å². The number of aromatic nitrogens is 1. The molecule has 0 radical (unpaired) electrons. The number of nitrogens with zero attached hydrogens (tertiary/aromatic N) is 3. The molecular weight excluding hydrogens is 286 g/mol. The van der Waals surface area contributed by atoms with Gasteiger partial charge >= 0.3 is 0 Å². The third-order valence-electron chi connectivity index (χ3n) is 5.52. The fourth-order valence-electron chi connectivity index (χ4n) is 4.24. The number of aliphatic hydroxyl groups excluding tert-OH is 1. The van der Waals surface area contributed by atoms with Crippen molar-refractivity contribution in [3.63, 3.8) is 0 Å². The summed E-state index contributed by atoms with van der Waals surface area (Å²) in [5.41, 5.74) is 1.39. The Balaban J connectivity index is 1.63. The molecule has 2 aliphatic heterocycles. The van der Waals surface area contributed by atoms with E-state index in [0.717, 1.165) is 51.1 Å². The molecule has 2 saturated heterocycles. The Morgan fingerprint density at radius 2 is 2.00 bits per heavy atom. The number of anilines is 1. The number of pyridine rings is 1. The van der Waals surface area contributed by atoms with Gasteiger partial charge in [-0.25, -0.2) is 4.98 Å². The Kier molecular flexibility index (Phi) is 5.54. The molecular formula is C19H31N3O. The highest BCUT2D eigenvalue weighted by molar-refractivity contribution is 5.40. The molecule has 0 spiro atoms. The fourth-order valence-corrected chi connectivity index (χ4v) is 4.24. The van der Waals surface area contributed by atoms with Gasteiger partial charge in [-0.05, 0) is 56.8 Å². The lowest BCUT2D eigenvalue weighted by Gasteiger charge is -2.42. The van der Waals surface area contributed by atoms with Crippen LogP contribution in [0.25, 0.3) is 0 Å². The zero-order valence-electron chi connectivity index (χ0n) is 14.5. The molecule has 0 aliphatic carbocycles. The number of hydrogen-bond donors (Lipinski definition) is 1. The number of piperidine rings is 1. The maximum atomic E-state index is 9.89. The predicted molar refractivity (Wildman–Crippen MR) is 94.6 cm³/mol. The second kappa shape index (κ2) is 7.63. The Morgan fingerprint density at radius 3 is 2.65 bits per heavy atom.